The molecule has 0 bridgehead atoms. The van der Waals surface area contributed by atoms with Crippen molar-refractivity contribution in [1.29, 1.82) is 0 Å². The molecule has 5 atom stereocenters. The lowest BCUT2D eigenvalue weighted by Crippen LogP contribution is -2.61. The van der Waals surface area contributed by atoms with Crippen LogP contribution >= 0.6 is 0 Å². The van der Waals surface area contributed by atoms with Crippen molar-refractivity contribution < 1.29 is 32.6 Å². The Morgan fingerprint density at radius 2 is 1.77 bits per heavy atom. The van der Waals surface area contributed by atoms with Gasteiger partial charge in [0.1, 0.15) is 12.1 Å². The molecule has 5 N–H and O–H groups in total. The van der Waals surface area contributed by atoms with Gasteiger partial charge in [0.2, 0.25) is 28.6 Å². The second-order valence-corrected chi connectivity index (χ2v) is 15.0. The monoisotopic (exact) mass is 628 g/mol. The number of fused-ring (bicyclic) bond motifs is 1. The number of hydrogen-bond acceptors (Lipinski definition) is 8. The highest BCUT2D eigenvalue weighted by molar-refractivity contribution is 7.89. The van der Waals surface area contributed by atoms with Gasteiger partial charge >= 0.3 is 0 Å². The smallest absolute Gasteiger partial charge is 0.243 e. The van der Waals surface area contributed by atoms with Crippen LogP contribution in [0.25, 0.3) is 0 Å². The Kier molecular flexibility index (Phi) is 9.79. The van der Waals surface area contributed by atoms with Gasteiger partial charge in [-0.2, -0.15) is 4.31 Å². The second-order valence-electron chi connectivity index (χ2n) is 13.0. The van der Waals surface area contributed by atoms with Gasteiger partial charge in [-0.05, 0) is 35.4 Å². The summed E-state index contributed by atoms with van der Waals surface area (Å²) in [6.45, 7) is 12.6. The van der Waals surface area contributed by atoms with Gasteiger partial charge in [-0.15, -0.1) is 6.58 Å². The van der Waals surface area contributed by atoms with E-state index in [0.29, 0.717) is 17.9 Å². The van der Waals surface area contributed by atoms with E-state index in [4.69, 9.17) is 15.2 Å². The molecule has 11 nitrogen and oxygen atoms in total. The van der Waals surface area contributed by atoms with Crippen LogP contribution in [0.5, 0.6) is 11.5 Å². The minimum atomic E-state index is -4.08. The lowest BCUT2D eigenvalue weighted by atomic mass is 9.85. The van der Waals surface area contributed by atoms with Crippen molar-refractivity contribution in [3.05, 3.63) is 66.7 Å². The fraction of sp³-hybridized carbons (Fsp3) is 0.500. The van der Waals surface area contributed by atoms with Gasteiger partial charge in [0, 0.05) is 25.1 Å². The third kappa shape index (κ3) is 7.09. The number of carbonyl (C=O) groups is 2. The number of aliphatic hydroxyl groups excluding tert-OH is 1. The Labute approximate surface area is 259 Å². The number of amides is 2. The normalized spacial score (nSPS) is 21.4. The molecule has 2 unspecified atom stereocenters. The second kappa shape index (κ2) is 12.9. The van der Waals surface area contributed by atoms with Crippen molar-refractivity contribution in [3.63, 3.8) is 0 Å². The van der Waals surface area contributed by atoms with Gasteiger partial charge in [-0.25, -0.2) is 8.42 Å². The summed E-state index contributed by atoms with van der Waals surface area (Å²) in [4.78, 5) is 26.6. The Morgan fingerprint density at radius 1 is 1.11 bits per heavy atom. The van der Waals surface area contributed by atoms with E-state index < -0.39 is 51.0 Å². The summed E-state index contributed by atoms with van der Waals surface area (Å²) in [6, 6.07) is 11.9. The van der Waals surface area contributed by atoms with Crippen LogP contribution in [0.15, 0.2) is 66.1 Å². The minimum absolute atomic E-state index is 0.00584. The predicted molar refractivity (Wildman–Crippen MR) is 166 cm³/mol. The number of benzene rings is 2. The molecule has 2 aliphatic rings. The van der Waals surface area contributed by atoms with Crippen LogP contribution in [0.2, 0.25) is 0 Å². The highest BCUT2D eigenvalue weighted by Crippen LogP contribution is 2.54. The molecular formula is C32H44N4O7S. The maximum atomic E-state index is 13.9. The number of rotatable bonds is 13. The molecule has 0 saturated heterocycles. The van der Waals surface area contributed by atoms with E-state index in [0.717, 1.165) is 5.56 Å². The van der Waals surface area contributed by atoms with Crippen molar-refractivity contribution in [2.75, 3.05) is 19.9 Å². The van der Waals surface area contributed by atoms with Crippen molar-refractivity contribution in [3.8, 4) is 11.5 Å². The first-order valence-corrected chi connectivity index (χ1v) is 16.2. The number of hydrogen-bond donors (Lipinski definition) is 4. The van der Waals surface area contributed by atoms with E-state index in [1.165, 1.54) is 22.5 Å². The third-order valence-corrected chi connectivity index (χ3v) is 9.88. The summed E-state index contributed by atoms with van der Waals surface area (Å²) in [5.41, 5.74) is 4.82. The quantitative estimate of drug-likeness (QED) is 0.246. The van der Waals surface area contributed by atoms with Crippen molar-refractivity contribution >= 4 is 21.8 Å². The molecule has 1 aliphatic carbocycles. The SMILES string of the molecule is C=C[C@@H](N)C(=O)N[C@H](C(=O)NC1([C@H](O)CN(CC(C)C)S(=O)(=O)c2ccc3c(c2)OCO3)CC1c1ccccc1)C(C)(C)C. The topological polar surface area (TPSA) is 160 Å². The van der Waals surface area contributed by atoms with Crippen LogP contribution in [0.1, 0.15) is 52.5 Å². The van der Waals surface area contributed by atoms with Crippen LogP contribution in [0.3, 0.4) is 0 Å². The maximum Gasteiger partial charge on any atom is 0.243 e. The zero-order chi connectivity index (χ0) is 32.4. The summed E-state index contributed by atoms with van der Waals surface area (Å²) in [5.74, 6) is -0.623. The maximum absolute atomic E-state index is 13.9. The molecule has 12 heteroatoms. The predicted octanol–water partition coefficient (Wildman–Crippen LogP) is 2.51. The summed E-state index contributed by atoms with van der Waals surface area (Å²) >= 11 is 0. The molecule has 1 saturated carbocycles. The van der Waals surface area contributed by atoms with E-state index in [1.54, 1.807) is 6.07 Å². The molecule has 1 fully saturated rings. The zero-order valence-corrected chi connectivity index (χ0v) is 26.8. The molecule has 4 rings (SSSR count). The number of carbonyl (C=O) groups excluding carboxylic acids is 2. The van der Waals surface area contributed by atoms with E-state index in [9.17, 15) is 23.1 Å². The lowest BCUT2D eigenvalue weighted by molar-refractivity contribution is -0.133. The Balaban J connectivity index is 1.66. The molecule has 0 radical (unpaired) electrons. The minimum Gasteiger partial charge on any atom is -0.454 e. The van der Waals surface area contributed by atoms with Gasteiger partial charge < -0.3 is 30.9 Å². The van der Waals surface area contributed by atoms with Crippen LogP contribution in [-0.4, -0.2) is 73.3 Å². The largest absolute Gasteiger partial charge is 0.454 e. The molecular weight excluding hydrogens is 584 g/mol. The van der Waals surface area contributed by atoms with Crippen LogP contribution in [0, 0.1) is 11.3 Å². The lowest BCUT2D eigenvalue weighted by Gasteiger charge is -2.35. The molecule has 2 amide bonds. The molecule has 0 spiro atoms. The Hall–Kier alpha value is -3.45. The Morgan fingerprint density at radius 3 is 2.39 bits per heavy atom. The standard InChI is InChI=1S/C32H44N4O7S/c1-7-24(33)29(38)34-28(31(4,5)6)30(39)35-32(16-23(32)21-11-9-8-10-12-21)27(37)18-36(17-20(2)3)44(40,41)22-13-14-25-26(15-22)43-19-42-25/h7-15,20,23-24,27-28,37H,1,16-19,33H2,2-6H3,(H,34,38)(H,35,39)/t23?,24-,27-,28-,32?/m1/s1. The first-order valence-electron chi connectivity index (χ1n) is 14.7. The van der Waals surface area contributed by atoms with Crippen molar-refractivity contribution in [1.82, 2.24) is 14.9 Å². The number of aliphatic hydroxyl groups is 1. The summed E-state index contributed by atoms with van der Waals surface area (Å²) in [7, 11) is -4.08. The molecule has 1 aliphatic heterocycles. The number of sulfonamides is 1. The number of ether oxygens (including phenoxy) is 2. The van der Waals surface area contributed by atoms with E-state index in [2.05, 4.69) is 17.2 Å². The highest BCUT2D eigenvalue weighted by atomic mass is 32.2. The summed E-state index contributed by atoms with van der Waals surface area (Å²) in [6.07, 6.45) is 0.375. The van der Waals surface area contributed by atoms with Crippen molar-refractivity contribution in [2.24, 2.45) is 17.1 Å². The average Bonchev–Trinajstić information content (AvgIpc) is 3.50. The van der Waals surface area contributed by atoms with E-state index in [-0.39, 0.29) is 36.6 Å². The summed E-state index contributed by atoms with van der Waals surface area (Å²) in [5, 5.41) is 17.6. The van der Waals surface area contributed by atoms with Crippen molar-refractivity contribution in [2.45, 2.75) is 75.6 Å². The number of nitrogens with zero attached hydrogens (tertiary/aromatic N) is 1. The fourth-order valence-electron chi connectivity index (χ4n) is 5.51. The zero-order valence-electron chi connectivity index (χ0n) is 25.9. The van der Waals surface area contributed by atoms with Gasteiger partial charge in [-0.1, -0.05) is 71.0 Å². The van der Waals surface area contributed by atoms with Gasteiger partial charge in [0.15, 0.2) is 11.5 Å². The molecule has 44 heavy (non-hydrogen) atoms. The Bertz CT molecular complexity index is 1480. The number of nitrogens with one attached hydrogen (secondary N) is 2. The van der Waals surface area contributed by atoms with Crippen LogP contribution in [0.4, 0.5) is 0 Å². The average molecular weight is 629 g/mol. The highest BCUT2D eigenvalue weighted by Gasteiger charge is 2.61. The number of nitrogens with two attached hydrogens (primary N) is 1. The molecule has 2 aromatic carbocycles. The fourth-order valence-corrected chi connectivity index (χ4v) is 7.14. The van der Waals surface area contributed by atoms with Crippen LogP contribution in [-0.2, 0) is 19.6 Å². The van der Waals surface area contributed by atoms with E-state index >= 15 is 0 Å². The molecule has 2 aromatic rings. The molecule has 0 aromatic heterocycles. The third-order valence-electron chi connectivity index (χ3n) is 8.05. The first-order chi connectivity index (χ1) is 20.6. The first kappa shape index (κ1) is 33.4. The van der Waals surface area contributed by atoms with Crippen LogP contribution < -0.4 is 25.8 Å². The molecule has 240 valence electrons. The van der Waals surface area contributed by atoms with Gasteiger partial charge in [0.25, 0.3) is 0 Å². The molecule has 1 heterocycles. The van der Waals surface area contributed by atoms with Gasteiger partial charge in [-0.3, -0.25) is 9.59 Å². The van der Waals surface area contributed by atoms with Gasteiger partial charge in [0.05, 0.1) is 16.5 Å². The van der Waals surface area contributed by atoms with E-state index in [1.807, 2.05) is 65.0 Å². The summed E-state index contributed by atoms with van der Waals surface area (Å²) < 4.78 is 39.9.